The van der Waals surface area contributed by atoms with Crippen molar-refractivity contribution >= 4 is 5.96 Å². The van der Waals surface area contributed by atoms with E-state index in [-0.39, 0.29) is 12.1 Å². The van der Waals surface area contributed by atoms with E-state index < -0.39 is 6.10 Å². The third-order valence-electron chi connectivity index (χ3n) is 1.88. The van der Waals surface area contributed by atoms with Gasteiger partial charge in [-0.25, -0.2) is 0 Å². The number of nitrogens with zero attached hydrogens (tertiary/aromatic N) is 1. The minimum Gasteiger partial charge on any atom is -0.388 e. The number of nitrogens with two attached hydrogens (primary N) is 1. The molecular weight excluding hydrogens is 146 g/mol. The zero-order chi connectivity index (χ0) is 8.43. The van der Waals surface area contributed by atoms with Crippen LogP contribution in [0.5, 0.6) is 0 Å². The minimum absolute atomic E-state index is 0.0106. The molecule has 0 aromatic rings. The van der Waals surface area contributed by atoms with Gasteiger partial charge >= 0.3 is 0 Å². The summed E-state index contributed by atoms with van der Waals surface area (Å²) in [6, 6.07) is 0. The van der Waals surface area contributed by atoms with Gasteiger partial charge in [0.05, 0.1) is 6.10 Å². The molecule has 1 rings (SSSR count). The van der Waals surface area contributed by atoms with Crippen LogP contribution in [0.25, 0.3) is 0 Å². The highest BCUT2D eigenvalue weighted by molar-refractivity contribution is 5.75. The first-order chi connectivity index (χ1) is 5.15. The second-order valence-corrected chi connectivity index (χ2v) is 2.63. The van der Waals surface area contributed by atoms with Crippen LogP contribution in [0.2, 0.25) is 0 Å². The monoisotopic (exact) mass is 159 g/mol. The number of nitrogens with one attached hydrogen (secondary N) is 1. The second-order valence-electron chi connectivity index (χ2n) is 2.63. The van der Waals surface area contributed by atoms with E-state index >= 15 is 0 Å². The van der Waals surface area contributed by atoms with Gasteiger partial charge in [0, 0.05) is 20.2 Å². The molecule has 0 aliphatic carbocycles. The van der Waals surface area contributed by atoms with Gasteiger partial charge in [0.25, 0.3) is 0 Å². The summed E-state index contributed by atoms with van der Waals surface area (Å²) in [7, 11) is 1.54. The highest BCUT2D eigenvalue weighted by Gasteiger charge is 2.31. The van der Waals surface area contributed by atoms with Crippen LogP contribution in [0.15, 0.2) is 0 Å². The van der Waals surface area contributed by atoms with E-state index in [4.69, 9.17) is 15.9 Å². The third-order valence-corrected chi connectivity index (χ3v) is 1.88. The molecule has 1 heterocycles. The van der Waals surface area contributed by atoms with Gasteiger partial charge in [-0.3, -0.25) is 5.41 Å². The van der Waals surface area contributed by atoms with Gasteiger partial charge in [-0.1, -0.05) is 0 Å². The summed E-state index contributed by atoms with van der Waals surface area (Å²) in [6.45, 7) is 0.904. The zero-order valence-corrected chi connectivity index (χ0v) is 6.45. The first-order valence-corrected chi connectivity index (χ1v) is 3.45. The van der Waals surface area contributed by atoms with Crippen LogP contribution in [-0.4, -0.2) is 48.4 Å². The largest absolute Gasteiger partial charge is 0.388 e. The first-order valence-electron chi connectivity index (χ1n) is 3.45. The smallest absolute Gasteiger partial charge is 0.188 e. The van der Waals surface area contributed by atoms with Crippen molar-refractivity contribution in [2.75, 3.05) is 20.2 Å². The molecular formula is C6H13N3O2. The molecule has 1 aliphatic rings. The lowest BCUT2D eigenvalue weighted by atomic mass is 10.3. The van der Waals surface area contributed by atoms with Crippen LogP contribution in [0.3, 0.4) is 0 Å². The van der Waals surface area contributed by atoms with Crippen molar-refractivity contribution in [2.24, 2.45) is 5.73 Å². The summed E-state index contributed by atoms with van der Waals surface area (Å²) in [5.74, 6) is -0.0106. The number of aliphatic hydroxyl groups is 1. The highest BCUT2D eigenvalue weighted by Crippen LogP contribution is 2.11. The lowest BCUT2D eigenvalue weighted by Crippen LogP contribution is -2.35. The fourth-order valence-electron chi connectivity index (χ4n) is 1.19. The Hall–Kier alpha value is -0.810. The van der Waals surface area contributed by atoms with Crippen molar-refractivity contribution in [2.45, 2.75) is 12.2 Å². The van der Waals surface area contributed by atoms with E-state index in [1.165, 1.54) is 7.11 Å². The lowest BCUT2D eigenvalue weighted by molar-refractivity contribution is 0.0216. The maximum Gasteiger partial charge on any atom is 0.188 e. The van der Waals surface area contributed by atoms with Gasteiger partial charge in [0.15, 0.2) is 5.96 Å². The van der Waals surface area contributed by atoms with Gasteiger partial charge in [0.2, 0.25) is 0 Å². The molecule has 0 bridgehead atoms. The quantitative estimate of drug-likeness (QED) is 0.323. The van der Waals surface area contributed by atoms with E-state index in [9.17, 15) is 5.11 Å². The molecule has 1 fully saturated rings. The molecule has 5 nitrogen and oxygen atoms in total. The Morgan fingerprint density at radius 1 is 1.73 bits per heavy atom. The van der Waals surface area contributed by atoms with Crippen LogP contribution in [0, 0.1) is 5.41 Å². The fourth-order valence-corrected chi connectivity index (χ4v) is 1.19. The molecule has 0 saturated carbocycles. The van der Waals surface area contributed by atoms with Crippen molar-refractivity contribution in [3.05, 3.63) is 0 Å². The van der Waals surface area contributed by atoms with Crippen molar-refractivity contribution in [3.63, 3.8) is 0 Å². The van der Waals surface area contributed by atoms with Crippen LogP contribution >= 0.6 is 0 Å². The average molecular weight is 159 g/mol. The topological polar surface area (TPSA) is 82.6 Å². The van der Waals surface area contributed by atoms with E-state index in [1.54, 1.807) is 4.90 Å². The zero-order valence-electron chi connectivity index (χ0n) is 6.45. The summed E-state index contributed by atoms with van der Waals surface area (Å²) in [6.07, 6.45) is -0.734. The Morgan fingerprint density at radius 2 is 2.36 bits per heavy atom. The molecule has 4 N–H and O–H groups in total. The maximum absolute atomic E-state index is 9.29. The number of methoxy groups -OCH3 is 1. The van der Waals surface area contributed by atoms with Crippen molar-refractivity contribution in [3.8, 4) is 0 Å². The van der Waals surface area contributed by atoms with Crippen molar-refractivity contribution in [1.29, 1.82) is 5.41 Å². The molecule has 0 unspecified atom stereocenters. The van der Waals surface area contributed by atoms with Crippen molar-refractivity contribution < 1.29 is 9.84 Å². The summed E-state index contributed by atoms with van der Waals surface area (Å²) >= 11 is 0. The number of hydrogen-bond donors (Lipinski definition) is 3. The second kappa shape index (κ2) is 3.06. The van der Waals surface area contributed by atoms with E-state index in [0.29, 0.717) is 13.1 Å². The number of ether oxygens (including phenoxy) is 1. The summed E-state index contributed by atoms with van der Waals surface area (Å²) in [4.78, 5) is 1.58. The van der Waals surface area contributed by atoms with Crippen LogP contribution in [-0.2, 0) is 4.74 Å². The summed E-state index contributed by atoms with van der Waals surface area (Å²) in [5, 5.41) is 16.4. The van der Waals surface area contributed by atoms with Crippen molar-refractivity contribution in [1.82, 2.24) is 4.90 Å². The summed E-state index contributed by atoms with van der Waals surface area (Å²) < 4.78 is 4.96. The molecule has 11 heavy (non-hydrogen) atoms. The molecule has 0 amide bonds. The lowest BCUT2D eigenvalue weighted by Gasteiger charge is -2.13. The molecule has 0 aromatic carbocycles. The van der Waals surface area contributed by atoms with E-state index in [1.807, 2.05) is 0 Å². The minimum atomic E-state index is -0.524. The Labute approximate surface area is 65.3 Å². The number of likely N-dealkylation sites (tertiary alicyclic amines) is 1. The van der Waals surface area contributed by atoms with Crippen LogP contribution in [0.4, 0.5) is 0 Å². The Bertz CT molecular complexity index is 162. The summed E-state index contributed by atoms with van der Waals surface area (Å²) in [5.41, 5.74) is 5.22. The number of aliphatic hydroxyl groups excluding tert-OH is 1. The maximum atomic E-state index is 9.29. The molecule has 1 saturated heterocycles. The number of β-amino-alcohol motifs (C(OH)–C–C–N with tert-alkyl or cyclic N) is 1. The van der Waals surface area contributed by atoms with Gasteiger partial charge in [-0.15, -0.1) is 0 Å². The number of guanidine groups is 1. The predicted octanol–water partition coefficient (Wildman–Crippen LogP) is -1.43. The molecule has 2 atom stereocenters. The standard InChI is InChI=1S/C6H13N3O2/c1-11-5-3-9(6(7)8)2-4(5)10/h4-5,10H,2-3H2,1H3,(H3,7,8)/t4-,5-/m0/s1. The number of rotatable bonds is 1. The molecule has 1 aliphatic heterocycles. The van der Waals surface area contributed by atoms with Crippen LogP contribution in [0.1, 0.15) is 0 Å². The van der Waals surface area contributed by atoms with E-state index in [0.717, 1.165) is 0 Å². The molecule has 0 spiro atoms. The van der Waals surface area contributed by atoms with Gasteiger partial charge in [-0.2, -0.15) is 0 Å². The predicted molar refractivity (Wildman–Crippen MR) is 40.3 cm³/mol. The third kappa shape index (κ3) is 1.61. The normalized spacial score (nSPS) is 30.9. The van der Waals surface area contributed by atoms with Gasteiger partial charge in [0.1, 0.15) is 6.10 Å². The first kappa shape index (κ1) is 8.29. The SMILES string of the molecule is CO[C@H]1CN(C(=N)N)C[C@@H]1O. The fraction of sp³-hybridized carbons (Fsp3) is 0.833. The molecule has 0 radical (unpaired) electrons. The Kier molecular flexibility index (Phi) is 2.31. The molecule has 64 valence electrons. The van der Waals surface area contributed by atoms with Crippen LogP contribution < -0.4 is 5.73 Å². The Morgan fingerprint density at radius 3 is 2.64 bits per heavy atom. The average Bonchev–Trinajstić information content (AvgIpc) is 2.31. The highest BCUT2D eigenvalue weighted by atomic mass is 16.5. The molecule has 0 aromatic heterocycles. The van der Waals surface area contributed by atoms with E-state index in [2.05, 4.69) is 0 Å². The van der Waals surface area contributed by atoms with Gasteiger partial charge < -0.3 is 20.5 Å². The Balaban J connectivity index is 2.49. The number of hydrogen-bond acceptors (Lipinski definition) is 3. The van der Waals surface area contributed by atoms with Gasteiger partial charge in [-0.05, 0) is 0 Å². The molecule has 5 heteroatoms.